The van der Waals surface area contributed by atoms with E-state index in [1.54, 1.807) is 0 Å². The zero-order chi connectivity index (χ0) is 20.7. The highest BCUT2D eigenvalue weighted by molar-refractivity contribution is 6.63. The molecule has 0 aromatic heterocycles. The predicted octanol–water partition coefficient (Wildman–Crippen LogP) is -7.83. The van der Waals surface area contributed by atoms with Crippen LogP contribution in [0.25, 0.3) is 0 Å². The summed E-state index contributed by atoms with van der Waals surface area (Å²) in [5, 5.41) is 39.5. The van der Waals surface area contributed by atoms with Crippen LogP contribution in [0.1, 0.15) is 6.92 Å². The fourth-order valence-electron chi connectivity index (χ4n) is 2.47. The summed E-state index contributed by atoms with van der Waals surface area (Å²) in [7, 11) is -7.13. The first-order chi connectivity index (χ1) is 12.5. The van der Waals surface area contributed by atoms with Gasteiger partial charge in [0.25, 0.3) is 30.0 Å². The lowest BCUT2D eigenvalue weighted by Gasteiger charge is -2.52. The fourth-order valence-corrected chi connectivity index (χ4v) is 12.5. The lowest BCUT2D eigenvalue weighted by Crippen LogP contribution is -2.89. The van der Waals surface area contributed by atoms with Crippen molar-refractivity contribution < 1.29 is 16.5 Å². The lowest BCUT2D eigenvalue weighted by atomic mass is 10.1. The van der Waals surface area contributed by atoms with Crippen LogP contribution < -0.4 is 44.2 Å². The summed E-state index contributed by atoms with van der Waals surface area (Å²) in [5.41, 5.74) is 20.5. The molecule has 1 heterocycles. The van der Waals surface area contributed by atoms with Crippen molar-refractivity contribution in [1.82, 2.24) is 21.3 Å². The topological polar surface area (TPSA) is 285 Å². The van der Waals surface area contributed by atoms with Crippen LogP contribution in [0.2, 0.25) is 0 Å². The van der Waals surface area contributed by atoms with Gasteiger partial charge in [-0.3, -0.25) is 21.6 Å². The van der Waals surface area contributed by atoms with Gasteiger partial charge in [-0.15, -0.1) is 0 Å². The highest BCUT2D eigenvalue weighted by atomic mass is 28.4. The number of guanidine groups is 4. The molecule has 0 radical (unpaired) electrons. The van der Waals surface area contributed by atoms with Crippen LogP contribution in [0, 0.1) is 21.6 Å². The highest BCUT2D eigenvalue weighted by Crippen LogP contribution is 2.23. The molecular formula is C7H26N12O4Si4. The molecule has 16 nitrogen and oxygen atoms in total. The molecule has 0 aromatic carbocycles. The van der Waals surface area contributed by atoms with Crippen LogP contribution >= 0.6 is 0 Å². The Morgan fingerprint density at radius 1 is 0.741 bits per heavy atom. The molecule has 0 atom stereocenters. The molecule has 0 aliphatic carbocycles. The van der Waals surface area contributed by atoms with Gasteiger partial charge in [-0.25, -0.2) is 0 Å². The normalized spacial score (nSPS) is 24.6. The first-order valence-electron chi connectivity index (χ1n) is 7.40. The minimum atomic E-state index is -3.00. The molecule has 16 N–H and O–H groups in total. The van der Waals surface area contributed by atoms with Crippen molar-refractivity contribution in [2.45, 2.75) is 17.9 Å². The lowest BCUT2D eigenvalue weighted by molar-refractivity contribution is 0.175. The summed E-state index contributed by atoms with van der Waals surface area (Å²) < 4.78 is 22.5. The summed E-state index contributed by atoms with van der Waals surface area (Å²) in [4.78, 5) is 0. The summed E-state index contributed by atoms with van der Waals surface area (Å²) in [6.45, 7) is 1.46. The number of hydrogen-bond acceptors (Lipinski definition) is 8. The second-order valence-corrected chi connectivity index (χ2v) is 13.7. The Labute approximate surface area is 163 Å². The average Bonchev–Trinajstić information content (AvgIpc) is 2.42. The number of nitrogens with one attached hydrogen (secondary N) is 8. The van der Waals surface area contributed by atoms with E-state index in [-0.39, 0.29) is 0 Å². The van der Waals surface area contributed by atoms with Crippen LogP contribution in [-0.2, 0) is 16.5 Å². The molecule has 1 aliphatic rings. The largest absolute Gasteiger partial charge is 0.425 e. The van der Waals surface area contributed by atoms with E-state index in [2.05, 4.69) is 21.3 Å². The third-order valence-corrected chi connectivity index (χ3v) is 11.1. The minimum absolute atomic E-state index is 0.499. The van der Waals surface area contributed by atoms with Gasteiger partial charge in [0, 0.05) is 0 Å². The second kappa shape index (κ2) is 9.64. The monoisotopic (exact) mass is 454 g/mol. The minimum Gasteiger partial charge on any atom is -0.425 e. The zero-order valence-electron chi connectivity index (χ0n) is 14.6. The van der Waals surface area contributed by atoms with Crippen LogP contribution in [0.5, 0.6) is 0 Å². The van der Waals surface area contributed by atoms with Crippen molar-refractivity contribution >= 4 is 63.1 Å². The van der Waals surface area contributed by atoms with E-state index in [1.807, 2.05) is 0 Å². The summed E-state index contributed by atoms with van der Waals surface area (Å²) in [5.74, 6) is -2.04. The molecular weight excluding hydrogens is 429 g/mol. The molecule has 154 valence electrons. The van der Waals surface area contributed by atoms with E-state index in [9.17, 15) is 0 Å². The van der Waals surface area contributed by atoms with Gasteiger partial charge in [0.05, 0.1) is 0 Å². The third-order valence-electron chi connectivity index (χ3n) is 3.35. The van der Waals surface area contributed by atoms with Crippen molar-refractivity contribution in [2.24, 2.45) is 22.9 Å². The van der Waals surface area contributed by atoms with Crippen LogP contribution in [-0.4, -0.2) is 74.1 Å². The summed E-state index contributed by atoms with van der Waals surface area (Å²) in [6, 6.07) is 0. The van der Waals surface area contributed by atoms with Gasteiger partial charge in [-0.1, -0.05) is 0 Å². The van der Waals surface area contributed by atoms with E-state index in [4.69, 9.17) is 61.0 Å². The standard InChI is InChI=1S/C7H26N12O4Si4/c1-6(16-2(8)9,17-3(10)11)7(18-4(12)13,19-5(14)15)27-22-25-20-24-21-26-23-27/h27H,24-26H2,1H3,(H4,8,9,16)(H4,10,11,17)(H4,12,13,18)(H4,14,15,19). The van der Waals surface area contributed by atoms with Crippen molar-refractivity contribution in [3.8, 4) is 0 Å². The van der Waals surface area contributed by atoms with Crippen molar-refractivity contribution in [3.05, 3.63) is 0 Å². The van der Waals surface area contributed by atoms with Gasteiger partial charge in [-0.05, 0) is 6.92 Å². The molecule has 1 rings (SSSR count). The molecule has 1 fully saturated rings. The Morgan fingerprint density at radius 2 is 1.11 bits per heavy atom. The maximum absolute atomic E-state index is 7.72. The zero-order valence-corrected chi connectivity index (χ0v) is 20.0. The predicted molar refractivity (Wildman–Crippen MR) is 108 cm³/mol. The maximum atomic E-state index is 7.72. The molecule has 0 saturated carbocycles. The van der Waals surface area contributed by atoms with E-state index in [0.29, 0.717) is 0 Å². The smallest absolute Gasteiger partial charge is 0.355 e. The van der Waals surface area contributed by atoms with Crippen LogP contribution in [0.3, 0.4) is 0 Å². The average molecular weight is 455 g/mol. The SMILES string of the molecule is CC(NC(=N)N)(NC(=N)N)C(NC(=N)N)(NC(=N)N)[SiH]1O[SiH2]O[SiH2]O[SiH2]O1. The molecule has 0 bridgehead atoms. The molecule has 1 aliphatic heterocycles. The Morgan fingerprint density at radius 3 is 1.44 bits per heavy atom. The molecule has 20 heteroatoms. The van der Waals surface area contributed by atoms with Crippen molar-refractivity contribution in [2.75, 3.05) is 0 Å². The van der Waals surface area contributed by atoms with Gasteiger partial charge in [0.15, 0.2) is 34.8 Å². The first kappa shape index (κ1) is 22.8. The quantitative estimate of drug-likeness (QED) is 0.0770. The molecule has 27 heavy (non-hydrogen) atoms. The van der Waals surface area contributed by atoms with Crippen LogP contribution in [0.15, 0.2) is 0 Å². The molecule has 0 aromatic rings. The van der Waals surface area contributed by atoms with Gasteiger partial charge < -0.3 is 60.7 Å². The van der Waals surface area contributed by atoms with Gasteiger partial charge in [-0.2, -0.15) is 0 Å². The van der Waals surface area contributed by atoms with E-state index in [1.165, 1.54) is 6.92 Å². The van der Waals surface area contributed by atoms with Crippen molar-refractivity contribution in [1.29, 1.82) is 21.6 Å². The van der Waals surface area contributed by atoms with Crippen LogP contribution in [0.4, 0.5) is 0 Å². The highest BCUT2D eigenvalue weighted by Gasteiger charge is 2.59. The van der Waals surface area contributed by atoms with E-state index < -0.39 is 74.1 Å². The Bertz CT molecular complexity index is 554. The number of rotatable bonds is 6. The van der Waals surface area contributed by atoms with E-state index >= 15 is 0 Å². The summed E-state index contributed by atoms with van der Waals surface area (Å²) in [6.07, 6.45) is 0. The third kappa shape index (κ3) is 6.17. The molecule has 1 saturated heterocycles. The first-order valence-corrected chi connectivity index (χ1v) is 12.4. The Kier molecular flexibility index (Phi) is 8.15. The number of nitrogens with two attached hydrogens (primary N) is 4. The summed E-state index contributed by atoms with van der Waals surface area (Å²) >= 11 is 0. The fraction of sp³-hybridized carbons (Fsp3) is 0.429. The number of hydrogen-bond donors (Lipinski definition) is 12. The Hall–Kier alpha value is -2.21. The molecule has 0 amide bonds. The second-order valence-electron chi connectivity index (χ2n) is 5.51. The van der Waals surface area contributed by atoms with E-state index in [0.717, 1.165) is 0 Å². The van der Waals surface area contributed by atoms with Crippen molar-refractivity contribution in [3.63, 3.8) is 0 Å². The van der Waals surface area contributed by atoms with Gasteiger partial charge in [0.2, 0.25) is 0 Å². The Balaban J connectivity index is 3.56. The maximum Gasteiger partial charge on any atom is 0.355 e. The van der Waals surface area contributed by atoms with Gasteiger partial charge in [0.1, 0.15) is 0 Å². The molecule has 0 spiro atoms. The van der Waals surface area contributed by atoms with Gasteiger partial charge >= 0.3 is 9.28 Å². The molecule has 0 unspecified atom stereocenters.